The molecule has 0 amide bonds. The highest BCUT2D eigenvalue weighted by atomic mass is 16.4. The van der Waals surface area contributed by atoms with Crippen molar-refractivity contribution >= 4 is 17.9 Å². The summed E-state index contributed by atoms with van der Waals surface area (Å²) in [6.45, 7) is 4.52. The topological polar surface area (TPSA) is 112 Å². The van der Waals surface area contributed by atoms with E-state index in [1.165, 1.54) is 20.8 Å². The number of carboxylic acids is 3. The molecule has 0 saturated heterocycles. The van der Waals surface area contributed by atoms with Gasteiger partial charge in [-0.05, 0) is 52.4 Å². The third-order valence-corrected chi connectivity index (χ3v) is 3.47. The molecule has 0 unspecified atom stereocenters. The predicted molar refractivity (Wildman–Crippen MR) is 86.1 cm³/mol. The smallest absolute Gasteiger partial charge is 0.330 e. The van der Waals surface area contributed by atoms with E-state index < -0.39 is 17.9 Å². The first kappa shape index (κ1) is 20.6. The Morgan fingerprint density at radius 1 is 0.739 bits per heavy atom. The molecular weight excluding hydrogens is 300 g/mol. The van der Waals surface area contributed by atoms with Gasteiger partial charge < -0.3 is 15.3 Å². The van der Waals surface area contributed by atoms with Crippen LogP contribution in [0.25, 0.3) is 0 Å². The summed E-state index contributed by atoms with van der Waals surface area (Å²) < 4.78 is 0. The third-order valence-electron chi connectivity index (χ3n) is 3.47. The number of rotatable bonds is 10. The van der Waals surface area contributed by atoms with Crippen LogP contribution in [0.4, 0.5) is 0 Å². The molecule has 0 aromatic heterocycles. The molecule has 0 aromatic rings. The number of hydrogen-bond acceptors (Lipinski definition) is 3. The van der Waals surface area contributed by atoms with Gasteiger partial charge in [-0.15, -0.1) is 0 Å². The summed E-state index contributed by atoms with van der Waals surface area (Å²) >= 11 is 0. The van der Waals surface area contributed by atoms with Crippen molar-refractivity contribution in [3.05, 3.63) is 34.9 Å². The van der Waals surface area contributed by atoms with Crippen molar-refractivity contribution in [2.75, 3.05) is 0 Å². The number of carbonyl (C=O) groups is 3. The van der Waals surface area contributed by atoms with Crippen LogP contribution in [0, 0.1) is 5.92 Å². The first-order valence-electron chi connectivity index (χ1n) is 7.37. The fourth-order valence-corrected chi connectivity index (χ4v) is 1.94. The molecule has 0 aliphatic rings. The lowest BCUT2D eigenvalue weighted by molar-refractivity contribution is -0.133. The maximum atomic E-state index is 10.9. The number of aliphatic carboxylic acids is 3. The summed E-state index contributed by atoms with van der Waals surface area (Å²) in [5.41, 5.74) is 0.737. The van der Waals surface area contributed by atoms with Crippen LogP contribution in [0.2, 0.25) is 0 Å². The van der Waals surface area contributed by atoms with Crippen molar-refractivity contribution in [1.29, 1.82) is 0 Å². The minimum Gasteiger partial charge on any atom is -0.478 e. The Morgan fingerprint density at radius 3 is 1.39 bits per heavy atom. The van der Waals surface area contributed by atoms with Crippen LogP contribution >= 0.6 is 0 Å². The lowest BCUT2D eigenvalue weighted by atomic mass is 9.94. The average Bonchev–Trinajstić information content (AvgIpc) is 2.45. The summed E-state index contributed by atoms with van der Waals surface area (Å²) in [5.74, 6) is -3.00. The monoisotopic (exact) mass is 324 g/mol. The zero-order valence-corrected chi connectivity index (χ0v) is 13.7. The van der Waals surface area contributed by atoms with Crippen molar-refractivity contribution in [3.63, 3.8) is 0 Å². The highest BCUT2D eigenvalue weighted by Gasteiger charge is 2.09. The largest absolute Gasteiger partial charge is 0.478 e. The Kier molecular flexibility index (Phi) is 9.30. The molecule has 0 radical (unpaired) electrons. The molecule has 0 saturated carbocycles. The molecule has 0 bridgehead atoms. The van der Waals surface area contributed by atoms with E-state index in [2.05, 4.69) is 0 Å². The molecule has 128 valence electrons. The summed E-state index contributed by atoms with van der Waals surface area (Å²) in [4.78, 5) is 32.4. The van der Waals surface area contributed by atoms with Gasteiger partial charge in [0, 0.05) is 16.7 Å². The molecule has 23 heavy (non-hydrogen) atoms. The van der Waals surface area contributed by atoms with Crippen molar-refractivity contribution in [1.82, 2.24) is 0 Å². The lowest BCUT2D eigenvalue weighted by Crippen LogP contribution is -2.04. The molecule has 0 heterocycles. The van der Waals surface area contributed by atoms with E-state index in [1.807, 2.05) is 0 Å². The summed E-state index contributed by atoms with van der Waals surface area (Å²) in [7, 11) is 0. The Bertz CT molecular complexity index is 505. The van der Waals surface area contributed by atoms with Crippen LogP contribution in [0.15, 0.2) is 34.9 Å². The quantitative estimate of drug-likeness (QED) is 0.532. The summed E-state index contributed by atoms with van der Waals surface area (Å²) in [5, 5.41) is 26.6. The van der Waals surface area contributed by atoms with Crippen LogP contribution in [0.3, 0.4) is 0 Å². The van der Waals surface area contributed by atoms with Gasteiger partial charge in [-0.3, -0.25) is 0 Å². The Morgan fingerprint density at radius 2 is 1.09 bits per heavy atom. The number of carboxylic acid groups (broad SMARTS) is 3. The van der Waals surface area contributed by atoms with Gasteiger partial charge >= 0.3 is 17.9 Å². The van der Waals surface area contributed by atoms with Gasteiger partial charge in [-0.1, -0.05) is 18.2 Å². The van der Waals surface area contributed by atoms with E-state index in [0.717, 1.165) is 0 Å². The minimum atomic E-state index is -0.996. The molecule has 3 N–H and O–H groups in total. The Hall–Kier alpha value is -2.37. The van der Waals surface area contributed by atoms with Gasteiger partial charge in [0.25, 0.3) is 0 Å². The SMILES string of the molecule is CC(=CCCC(C=C(C)C(=O)O)CCC=C(C)C(=O)O)C(=O)O. The van der Waals surface area contributed by atoms with E-state index >= 15 is 0 Å². The van der Waals surface area contributed by atoms with E-state index in [0.29, 0.717) is 25.7 Å². The molecule has 0 aliphatic carbocycles. The zero-order chi connectivity index (χ0) is 18.0. The van der Waals surface area contributed by atoms with Crippen molar-refractivity contribution < 1.29 is 29.7 Å². The third kappa shape index (κ3) is 9.29. The van der Waals surface area contributed by atoms with Gasteiger partial charge in [0.15, 0.2) is 0 Å². The standard InChI is InChI=1S/C17H24O6/c1-11(15(18)19)6-4-8-14(10-13(3)17(22)23)9-5-7-12(2)16(20)21/h6-7,10,14H,4-5,8-9H2,1-3H3,(H,18,19)(H,20,21)(H,22,23). The molecule has 6 heteroatoms. The molecule has 0 spiro atoms. The molecular formula is C17H24O6. The van der Waals surface area contributed by atoms with Gasteiger partial charge in [-0.2, -0.15) is 0 Å². The van der Waals surface area contributed by atoms with Crippen LogP contribution in [-0.4, -0.2) is 33.2 Å². The van der Waals surface area contributed by atoms with E-state index in [9.17, 15) is 14.4 Å². The summed E-state index contributed by atoms with van der Waals surface area (Å²) in [6.07, 6.45) is 7.12. The predicted octanol–water partition coefficient (Wildman–Crippen LogP) is 3.26. The fraction of sp³-hybridized carbons (Fsp3) is 0.471. The Balaban J connectivity index is 4.83. The molecule has 0 rings (SSSR count). The first-order valence-corrected chi connectivity index (χ1v) is 7.37. The Labute approximate surface area is 135 Å². The molecule has 0 atom stereocenters. The van der Waals surface area contributed by atoms with Crippen LogP contribution in [-0.2, 0) is 14.4 Å². The van der Waals surface area contributed by atoms with E-state index in [-0.39, 0.29) is 22.6 Å². The summed E-state index contributed by atoms with van der Waals surface area (Å²) in [6, 6.07) is 0. The maximum Gasteiger partial charge on any atom is 0.330 e. The van der Waals surface area contributed by atoms with Gasteiger partial charge in [0.1, 0.15) is 0 Å². The second-order valence-electron chi connectivity index (χ2n) is 5.45. The van der Waals surface area contributed by atoms with E-state index in [4.69, 9.17) is 15.3 Å². The van der Waals surface area contributed by atoms with Gasteiger partial charge in [0.2, 0.25) is 0 Å². The van der Waals surface area contributed by atoms with Crippen molar-refractivity contribution in [3.8, 4) is 0 Å². The second kappa shape index (κ2) is 10.4. The van der Waals surface area contributed by atoms with Crippen LogP contribution < -0.4 is 0 Å². The highest BCUT2D eigenvalue weighted by molar-refractivity contribution is 5.86. The second-order valence-corrected chi connectivity index (χ2v) is 5.45. The molecule has 6 nitrogen and oxygen atoms in total. The lowest BCUT2D eigenvalue weighted by Gasteiger charge is -2.11. The normalized spacial score (nSPS) is 14.5. The minimum absolute atomic E-state index is 0.0539. The maximum absolute atomic E-state index is 10.9. The van der Waals surface area contributed by atoms with Gasteiger partial charge in [-0.25, -0.2) is 14.4 Å². The van der Waals surface area contributed by atoms with Gasteiger partial charge in [0.05, 0.1) is 0 Å². The van der Waals surface area contributed by atoms with Crippen molar-refractivity contribution in [2.45, 2.75) is 46.5 Å². The first-order chi connectivity index (χ1) is 10.6. The van der Waals surface area contributed by atoms with E-state index in [1.54, 1.807) is 18.2 Å². The zero-order valence-electron chi connectivity index (χ0n) is 13.7. The molecule has 0 aromatic carbocycles. The fourth-order valence-electron chi connectivity index (χ4n) is 1.94. The van der Waals surface area contributed by atoms with Crippen LogP contribution in [0.5, 0.6) is 0 Å². The average molecular weight is 324 g/mol. The molecule has 0 aliphatic heterocycles. The number of hydrogen-bond donors (Lipinski definition) is 3. The number of allylic oxidation sites excluding steroid dienone is 3. The van der Waals surface area contributed by atoms with Crippen LogP contribution in [0.1, 0.15) is 46.5 Å². The van der Waals surface area contributed by atoms with Crippen molar-refractivity contribution in [2.24, 2.45) is 5.92 Å². The highest BCUT2D eigenvalue weighted by Crippen LogP contribution is 2.19. The molecule has 0 fully saturated rings.